The van der Waals surface area contributed by atoms with Crippen LogP contribution in [0.2, 0.25) is 0 Å². The topological polar surface area (TPSA) is 73.2 Å². The van der Waals surface area contributed by atoms with E-state index >= 15 is 0 Å². The van der Waals surface area contributed by atoms with Gasteiger partial charge in [-0.25, -0.2) is 4.98 Å². The summed E-state index contributed by atoms with van der Waals surface area (Å²) in [5.41, 5.74) is 1.13. The molecule has 0 saturated carbocycles. The molecular formula is C15H21N3O3S. The van der Waals surface area contributed by atoms with Crippen molar-refractivity contribution >= 4 is 28.9 Å². The van der Waals surface area contributed by atoms with Gasteiger partial charge in [0.25, 0.3) is 0 Å². The fourth-order valence-corrected chi connectivity index (χ4v) is 3.29. The molecule has 0 amide bonds. The molecule has 2 heterocycles. The molecule has 1 saturated heterocycles. The van der Waals surface area contributed by atoms with Crippen molar-refractivity contribution in [1.29, 1.82) is 0 Å². The summed E-state index contributed by atoms with van der Waals surface area (Å²) < 4.78 is 6.72. The lowest BCUT2D eigenvalue weighted by Gasteiger charge is -2.24. The van der Waals surface area contributed by atoms with Crippen LogP contribution in [0.3, 0.4) is 0 Å². The van der Waals surface area contributed by atoms with Gasteiger partial charge in [-0.2, -0.15) is 0 Å². The normalized spacial score (nSPS) is 20.1. The lowest BCUT2D eigenvalue weighted by Crippen LogP contribution is -2.32. The molecule has 0 aliphatic carbocycles. The fraction of sp³-hybridized carbons (Fsp3) is 0.533. The van der Waals surface area contributed by atoms with Crippen molar-refractivity contribution in [2.75, 3.05) is 19.7 Å². The van der Waals surface area contributed by atoms with Gasteiger partial charge in [0.15, 0.2) is 5.12 Å². The van der Waals surface area contributed by atoms with E-state index in [2.05, 4.69) is 10.3 Å². The van der Waals surface area contributed by atoms with Gasteiger partial charge in [0.05, 0.1) is 6.61 Å². The maximum Gasteiger partial charge on any atom is 0.325 e. The molecular weight excluding hydrogens is 302 g/mol. The van der Waals surface area contributed by atoms with Gasteiger partial charge in [-0.3, -0.25) is 9.59 Å². The van der Waals surface area contributed by atoms with E-state index < -0.39 is 0 Å². The van der Waals surface area contributed by atoms with Crippen LogP contribution >= 0.6 is 11.8 Å². The number of nitrogens with one attached hydrogen (secondary N) is 1. The van der Waals surface area contributed by atoms with Gasteiger partial charge in [-0.05, 0) is 31.5 Å². The number of esters is 1. The molecule has 7 heteroatoms. The lowest BCUT2D eigenvalue weighted by atomic mass is 10.1. The van der Waals surface area contributed by atoms with Gasteiger partial charge in [0.1, 0.15) is 12.4 Å². The highest BCUT2D eigenvalue weighted by Crippen LogP contribution is 2.26. The molecule has 2 rings (SSSR count). The standard InChI is InChI=1S/C15H21N3O3S/c1-3-21-15(20)10-18-7-6-17-14(18)8-12-9-16-5-4-13(12)22-11(2)19/h6-8,13,16H,3-5,9-10H2,1-2H3/b12-8+. The van der Waals surface area contributed by atoms with E-state index in [4.69, 9.17) is 4.74 Å². The third-order valence-electron chi connectivity index (χ3n) is 3.30. The van der Waals surface area contributed by atoms with Crippen LogP contribution in [0.5, 0.6) is 0 Å². The van der Waals surface area contributed by atoms with Crippen LogP contribution < -0.4 is 5.32 Å². The first-order valence-electron chi connectivity index (χ1n) is 7.35. The van der Waals surface area contributed by atoms with Crippen molar-refractivity contribution in [3.05, 3.63) is 23.8 Å². The second kappa shape index (κ2) is 8.14. The minimum Gasteiger partial charge on any atom is -0.465 e. The molecule has 1 aromatic rings. The minimum absolute atomic E-state index is 0.118. The third kappa shape index (κ3) is 4.71. The van der Waals surface area contributed by atoms with E-state index in [1.165, 1.54) is 11.8 Å². The maximum atomic E-state index is 11.6. The summed E-state index contributed by atoms with van der Waals surface area (Å²) in [6, 6.07) is 0. The summed E-state index contributed by atoms with van der Waals surface area (Å²) in [6.45, 7) is 5.52. The molecule has 22 heavy (non-hydrogen) atoms. The first-order chi connectivity index (χ1) is 10.6. The van der Waals surface area contributed by atoms with Crippen LogP contribution in [-0.2, 0) is 20.9 Å². The molecule has 1 aromatic heterocycles. The van der Waals surface area contributed by atoms with E-state index in [0.29, 0.717) is 12.4 Å². The van der Waals surface area contributed by atoms with Crippen LogP contribution in [0.1, 0.15) is 26.1 Å². The van der Waals surface area contributed by atoms with Gasteiger partial charge < -0.3 is 14.6 Å². The summed E-state index contributed by atoms with van der Waals surface area (Å²) >= 11 is 1.36. The SMILES string of the molecule is CCOC(=O)Cn1ccnc1/C=C1\CNCCC1SC(C)=O. The Morgan fingerprint density at radius 2 is 2.41 bits per heavy atom. The molecule has 1 fully saturated rings. The number of hydrogen-bond acceptors (Lipinski definition) is 6. The summed E-state index contributed by atoms with van der Waals surface area (Å²) in [5, 5.41) is 3.60. The number of nitrogens with zero attached hydrogens (tertiary/aromatic N) is 2. The summed E-state index contributed by atoms with van der Waals surface area (Å²) in [7, 11) is 0. The van der Waals surface area contributed by atoms with Crippen LogP contribution in [-0.4, -0.2) is 45.6 Å². The highest BCUT2D eigenvalue weighted by atomic mass is 32.2. The number of hydrogen-bond donors (Lipinski definition) is 1. The van der Waals surface area contributed by atoms with E-state index in [1.54, 1.807) is 30.8 Å². The minimum atomic E-state index is -0.281. The molecule has 0 spiro atoms. The predicted molar refractivity (Wildman–Crippen MR) is 86.4 cm³/mol. The van der Waals surface area contributed by atoms with Crippen molar-refractivity contribution in [2.24, 2.45) is 0 Å². The molecule has 1 aliphatic heterocycles. The largest absolute Gasteiger partial charge is 0.465 e. The predicted octanol–water partition coefficient (Wildman–Crippen LogP) is 1.47. The van der Waals surface area contributed by atoms with E-state index in [-0.39, 0.29) is 22.9 Å². The number of carbonyl (C=O) groups is 2. The Morgan fingerprint density at radius 1 is 1.59 bits per heavy atom. The molecule has 0 radical (unpaired) electrons. The number of carbonyl (C=O) groups excluding carboxylic acids is 2. The summed E-state index contributed by atoms with van der Waals surface area (Å²) in [5.74, 6) is 0.428. The second-order valence-electron chi connectivity index (χ2n) is 5.00. The van der Waals surface area contributed by atoms with Crippen LogP contribution in [0, 0.1) is 0 Å². The maximum absolute atomic E-state index is 11.6. The van der Waals surface area contributed by atoms with Gasteiger partial charge in [-0.15, -0.1) is 0 Å². The Kier molecular flexibility index (Phi) is 6.21. The van der Waals surface area contributed by atoms with Crippen molar-refractivity contribution in [3.63, 3.8) is 0 Å². The molecule has 0 bridgehead atoms. The van der Waals surface area contributed by atoms with E-state index in [0.717, 1.165) is 25.1 Å². The Balaban J connectivity index is 2.14. The first-order valence-corrected chi connectivity index (χ1v) is 8.23. The van der Waals surface area contributed by atoms with Crippen molar-refractivity contribution in [2.45, 2.75) is 32.1 Å². The summed E-state index contributed by atoms with van der Waals surface area (Å²) in [4.78, 5) is 27.3. The lowest BCUT2D eigenvalue weighted by molar-refractivity contribution is -0.143. The highest BCUT2D eigenvalue weighted by Gasteiger charge is 2.21. The molecule has 0 aromatic carbocycles. The number of piperidine rings is 1. The molecule has 1 unspecified atom stereocenters. The van der Waals surface area contributed by atoms with Crippen molar-refractivity contribution in [3.8, 4) is 0 Å². The fourth-order valence-electron chi connectivity index (χ4n) is 2.35. The van der Waals surface area contributed by atoms with Crippen molar-refractivity contribution in [1.82, 2.24) is 14.9 Å². The zero-order valence-electron chi connectivity index (χ0n) is 12.9. The van der Waals surface area contributed by atoms with Crippen LogP contribution in [0.4, 0.5) is 0 Å². The monoisotopic (exact) mass is 323 g/mol. The molecule has 6 nitrogen and oxygen atoms in total. The van der Waals surface area contributed by atoms with Gasteiger partial charge in [0, 0.05) is 31.1 Å². The number of thioether (sulfide) groups is 1. The third-order valence-corrected chi connectivity index (χ3v) is 4.46. The van der Waals surface area contributed by atoms with Gasteiger partial charge in [0.2, 0.25) is 0 Å². The van der Waals surface area contributed by atoms with E-state index in [9.17, 15) is 9.59 Å². The Labute approximate surface area is 134 Å². The molecule has 120 valence electrons. The average molecular weight is 323 g/mol. The van der Waals surface area contributed by atoms with Crippen molar-refractivity contribution < 1.29 is 14.3 Å². The van der Waals surface area contributed by atoms with Gasteiger partial charge >= 0.3 is 5.97 Å². The highest BCUT2D eigenvalue weighted by molar-refractivity contribution is 8.14. The first kappa shape index (κ1) is 16.8. The Bertz CT molecular complexity index is 568. The van der Waals surface area contributed by atoms with Crippen LogP contribution in [0.25, 0.3) is 6.08 Å². The quantitative estimate of drug-likeness (QED) is 0.827. The van der Waals surface area contributed by atoms with E-state index in [1.807, 2.05) is 6.08 Å². The van der Waals surface area contributed by atoms with Crippen LogP contribution in [0.15, 0.2) is 18.0 Å². The zero-order chi connectivity index (χ0) is 15.9. The molecule has 1 aliphatic rings. The average Bonchev–Trinajstić information content (AvgIpc) is 2.88. The number of imidazole rings is 1. The molecule has 1 N–H and O–H groups in total. The number of aromatic nitrogens is 2. The summed E-state index contributed by atoms with van der Waals surface area (Å²) in [6.07, 6.45) is 6.29. The van der Waals surface area contributed by atoms with Gasteiger partial charge in [-0.1, -0.05) is 11.8 Å². The molecule has 1 atom stereocenters. The zero-order valence-corrected chi connectivity index (χ0v) is 13.7. The number of ether oxygens (including phenoxy) is 1. The Hall–Kier alpha value is -1.60. The smallest absolute Gasteiger partial charge is 0.325 e. The second-order valence-corrected chi connectivity index (χ2v) is 6.38. The number of rotatable bonds is 5. The Morgan fingerprint density at radius 3 is 3.14 bits per heavy atom.